The second-order valence-corrected chi connectivity index (χ2v) is 13.9. The number of carbonyl (C=O) groups excluding carboxylic acids is 1. The molecule has 1 heterocycles. The van der Waals surface area contributed by atoms with E-state index in [1.54, 1.807) is 12.1 Å². The van der Waals surface area contributed by atoms with Crippen LogP contribution in [-0.2, 0) is 30.5 Å². The second kappa shape index (κ2) is 17.0. The number of hydrogen-bond donors (Lipinski definition) is 1. The Morgan fingerprint density at radius 1 is 0.630 bits per heavy atom. The van der Waals surface area contributed by atoms with Gasteiger partial charge in [-0.2, -0.15) is 13.2 Å². The van der Waals surface area contributed by atoms with Gasteiger partial charge in [0, 0.05) is 64.9 Å². The Balaban J connectivity index is 1.67. The third kappa shape index (κ3) is 8.37. The highest BCUT2D eigenvalue weighted by Crippen LogP contribution is 2.44. The fourth-order valence-electron chi connectivity index (χ4n) is 7.20. The standard InChI is InChI=1S/C44H49F3N2O5/c1-6-17-51-39-28-11-10-12-29(39)22-32-24-34(49-43(50)44(45,46)47)25-33(40(32)52-18-7-2)23-30-13-15-35-27(5)48-38-16-14-31(21-28)42(54-20-9-4)37(38)26-36(35)41(30)53-19-8-3/h10-16,24-25H,6-9,17-23,26H2,1-5H3,(H,49,50). The normalized spacial score (nSPS) is 13.3. The minimum atomic E-state index is -5.06. The van der Waals surface area contributed by atoms with Crippen LogP contribution in [0.2, 0.25) is 0 Å². The zero-order valence-corrected chi connectivity index (χ0v) is 31.8. The van der Waals surface area contributed by atoms with Gasteiger partial charge in [-0.15, -0.1) is 0 Å². The number of aliphatic imine (C=N–C) groups is 1. The molecule has 0 saturated heterocycles. The number of alkyl halides is 3. The van der Waals surface area contributed by atoms with Crippen molar-refractivity contribution in [2.24, 2.45) is 4.99 Å². The Kier molecular flexibility index (Phi) is 12.2. The largest absolute Gasteiger partial charge is 0.493 e. The Bertz CT molecular complexity index is 2040. The number of para-hydroxylation sites is 1. The van der Waals surface area contributed by atoms with Gasteiger partial charge in [0.1, 0.15) is 23.0 Å². The summed E-state index contributed by atoms with van der Waals surface area (Å²) in [6.07, 6.45) is -0.380. The molecule has 2 aliphatic rings. The van der Waals surface area contributed by atoms with Gasteiger partial charge < -0.3 is 24.3 Å². The average Bonchev–Trinajstić information content (AvgIpc) is 3.28. The van der Waals surface area contributed by atoms with Crippen LogP contribution in [0.3, 0.4) is 0 Å². The predicted octanol–water partition coefficient (Wildman–Crippen LogP) is 10.5. The molecule has 0 radical (unpaired) electrons. The maximum absolute atomic E-state index is 13.6. The van der Waals surface area contributed by atoms with Crippen LogP contribution in [0.1, 0.15) is 110 Å². The number of halogens is 3. The summed E-state index contributed by atoms with van der Waals surface area (Å²) in [5.41, 5.74) is 9.54. The quantitative estimate of drug-likeness (QED) is 0.130. The molecule has 4 aromatic rings. The molecule has 0 spiro atoms. The molecule has 7 nitrogen and oxygen atoms in total. The molecule has 6 rings (SSSR count). The first kappa shape index (κ1) is 38.7. The number of nitrogens with zero attached hydrogens (tertiary/aromatic N) is 1. The van der Waals surface area contributed by atoms with Crippen molar-refractivity contribution in [3.8, 4) is 23.0 Å². The maximum Gasteiger partial charge on any atom is 0.471 e. The van der Waals surface area contributed by atoms with Gasteiger partial charge in [0.05, 0.1) is 32.1 Å². The van der Waals surface area contributed by atoms with Crippen LogP contribution >= 0.6 is 0 Å². The number of nitrogens with one attached hydrogen (secondary N) is 1. The van der Waals surface area contributed by atoms with Gasteiger partial charge in [-0.1, -0.05) is 64.1 Å². The zero-order valence-electron chi connectivity index (χ0n) is 31.8. The van der Waals surface area contributed by atoms with Gasteiger partial charge in [-0.25, -0.2) is 0 Å². The van der Waals surface area contributed by atoms with Crippen molar-refractivity contribution in [3.05, 3.63) is 105 Å². The minimum Gasteiger partial charge on any atom is -0.493 e. The van der Waals surface area contributed by atoms with Gasteiger partial charge in [0.15, 0.2) is 0 Å². The first-order valence-electron chi connectivity index (χ1n) is 19.1. The molecule has 0 saturated carbocycles. The monoisotopic (exact) mass is 742 g/mol. The topological polar surface area (TPSA) is 78.4 Å². The lowest BCUT2D eigenvalue weighted by molar-refractivity contribution is -0.167. The van der Waals surface area contributed by atoms with E-state index in [-0.39, 0.29) is 18.5 Å². The lowest BCUT2D eigenvalue weighted by atomic mass is 9.89. The molecule has 4 aromatic carbocycles. The number of hydrogen-bond acceptors (Lipinski definition) is 6. The lowest BCUT2D eigenvalue weighted by Gasteiger charge is -2.24. The molecule has 286 valence electrons. The van der Waals surface area contributed by atoms with E-state index in [9.17, 15) is 18.0 Å². The second-order valence-electron chi connectivity index (χ2n) is 13.9. The molecule has 1 aliphatic heterocycles. The smallest absolute Gasteiger partial charge is 0.471 e. The van der Waals surface area contributed by atoms with E-state index in [0.717, 1.165) is 81.8 Å². The zero-order chi connectivity index (χ0) is 38.4. The van der Waals surface area contributed by atoms with E-state index in [0.29, 0.717) is 67.6 Å². The predicted molar refractivity (Wildman–Crippen MR) is 207 cm³/mol. The molecule has 0 fully saturated rings. The summed E-state index contributed by atoms with van der Waals surface area (Å²) < 4.78 is 67.1. The lowest BCUT2D eigenvalue weighted by Crippen LogP contribution is -2.30. The van der Waals surface area contributed by atoms with Crippen LogP contribution in [0.25, 0.3) is 0 Å². The van der Waals surface area contributed by atoms with Crippen molar-refractivity contribution in [1.29, 1.82) is 0 Å². The summed E-state index contributed by atoms with van der Waals surface area (Å²) in [6.45, 7) is 12.1. The average molecular weight is 743 g/mol. The van der Waals surface area contributed by atoms with Gasteiger partial charge in [0.25, 0.3) is 0 Å². The van der Waals surface area contributed by atoms with E-state index in [2.05, 4.69) is 30.4 Å². The van der Waals surface area contributed by atoms with E-state index in [1.165, 1.54) is 0 Å². The third-order valence-corrected chi connectivity index (χ3v) is 9.57. The molecule has 8 bridgehead atoms. The maximum atomic E-state index is 13.6. The summed E-state index contributed by atoms with van der Waals surface area (Å²) >= 11 is 0. The van der Waals surface area contributed by atoms with Gasteiger partial charge in [-0.3, -0.25) is 9.79 Å². The van der Waals surface area contributed by atoms with Crippen molar-refractivity contribution in [1.82, 2.24) is 0 Å². The Morgan fingerprint density at radius 3 is 1.63 bits per heavy atom. The SMILES string of the molecule is CCCOc1c2cccc1Cc1ccc3c(c1OCCC)Cc1c(ccc(c1OCCC)Cc1cc(NC(=O)C(F)(F)F)cc(c1OCCC)C2)C(C)=N3. The van der Waals surface area contributed by atoms with Gasteiger partial charge >= 0.3 is 12.1 Å². The van der Waals surface area contributed by atoms with Crippen LogP contribution in [0, 0.1) is 0 Å². The summed E-state index contributed by atoms with van der Waals surface area (Å²) in [4.78, 5) is 17.5. The first-order chi connectivity index (χ1) is 26.1. The molecule has 1 amide bonds. The first-order valence-corrected chi connectivity index (χ1v) is 19.1. The van der Waals surface area contributed by atoms with Crippen molar-refractivity contribution in [3.63, 3.8) is 0 Å². The van der Waals surface area contributed by atoms with Crippen molar-refractivity contribution >= 4 is 23.0 Å². The molecule has 1 aliphatic carbocycles. The van der Waals surface area contributed by atoms with Gasteiger partial charge in [0.2, 0.25) is 0 Å². The number of carbonyl (C=O) groups is 1. The van der Waals surface area contributed by atoms with Crippen LogP contribution in [0.4, 0.5) is 24.5 Å². The molecular formula is C44H49F3N2O5. The fraction of sp³-hybridized carbons (Fsp3) is 0.409. The third-order valence-electron chi connectivity index (χ3n) is 9.57. The van der Waals surface area contributed by atoms with E-state index >= 15 is 0 Å². The highest BCUT2D eigenvalue weighted by atomic mass is 19.4. The number of fused-ring (bicyclic) bond motifs is 6. The van der Waals surface area contributed by atoms with Gasteiger partial charge in [-0.05, 0) is 73.1 Å². The summed E-state index contributed by atoms with van der Waals surface area (Å²) in [5.74, 6) is 0.770. The number of anilines is 1. The molecule has 10 heteroatoms. The fourth-order valence-corrected chi connectivity index (χ4v) is 7.20. The summed E-state index contributed by atoms with van der Waals surface area (Å²) in [7, 11) is 0. The molecule has 0 atom stereocenters. The van der Waals surface area contributed by atoms with Crippen molar-refractivity contribution in [2.75, 3.05) is 31.7 Å². The minimum absolute atomic E-state index is 0.0329. The molecule has 1 N–H and O–H groups in total. The molecule has 54 heavy (non-hydrogen) atoms. The van der Waals surface area contributed by atoms with Crippen LogP contribution in [0.15, 0.2) is 59.6 Å². The summed E-state index contributed by atoms with van der Waals surface area (Å²) in [5, 5.41) is 2.13. The Morgan fingerprint density at radius 2 is 1.09 bits per heavy atom. The molecular weight excluding hydrogens is 693 g/mol. The number of benzene rings is 4. The van der Waals surface area contributed by atoms with Crippen molar-refractivity contribution < 1.29 is 36.9 Å². The number of rotatable bonds is 13. The van der Waals surface area contributed by atoms with Crippen LogP contribution in [-0.4, -0.2) is 44.2 Å². The highest BCUT2D eigenvalue weighted by molar-refractivity contribution is 6.03. The van der Waals surface area contributed by atoms with E-state index < -0.39 is 12.1 Å². The van der Waals surface area contributed by atoms with E-state index in [1.807, 2.05) is 52.0 Å². The Hall–Kier alpha value is -4.99. The number of ether oxygens (including phenoxy) is 4. The van der Waals surface area contributed by atoms with Crippen LogP contribution in [0.5, 0.6) is 23.0 Å². The van der Waals surface area contributed by atoms with Crippen LogP contribution < -0.4 is 24.3 Å². The molecule has 0 unspecified atom stereocenters. The Labute approximate surface area is 315 Å². The highest BCUT2D eigenvalue weighted by Gasteiger charge is 2.39. The van der Waals surface area contributed by atoms with E-state index in [4.69, 9.17) is 23.9 Å². The number of amides is 1. The summed E-state index contributed by atoms with van der Waals surface area (Å²) in [6, 6.07) is 17.4. The van der Waals surface area contributed by atoms with Crippen molar-refractivity contribution in [2.45, 2.75) is 92.2 Å². The molecule has 0 aromatic heterocycles.